The molecule has 36 heavy (non-hydrogen) atoms. The number of piperidine rings is 1. The van der Waals surface area contributed by atoms with Gasteiger partial charge in [0.05, 0.1) is 16.8 Å². The number of sulfonamides is 1. The Balaban J connectivity index is 1.61. The summed E-state index contributed by atoms with van der Waals surface area (Å²) in [7, 11) is -1.49. The summed E-state index contributed by atoms with van der Waals surface area (Å²) in [5.74, 6) is -0.187. The number of nitrogens with two attached hydrogens (primary N) is 1. The van der Waals surface area contributed by atoms with Gasteiger partial charge in [0.1, 0.15) is 0 Å². The van der Waals surface area contributed by atoms with Gasteiger partial charge in [0.2, 0.25) is 10.0 Å². The number of hydrogen-bond donors (Lipinski definition) is 3. The van der Waals surface area contributed by atoms with Crippen molar-refractivity contribution in [2.75, 3.05) is 39.1 Å². The van der Waals surface area contributed by atoms with Crippen molar-refractivity contribution >= 4 is 26.8 Å². The number of amides is 1. The first-order valence-electron chi connectivity index (χ1n) is 12.4. The molecule has 0 unspecified atom stereocenters. The van der Waals surface area contributed by atoms with Crippen LogP contribution in [0.2, 0.25) is 0 Å². The molecule has 194 valence electrons. The summed E-state index contributed by atoms with van der Waals surface area (Å²) < 4.78 is 31.2. The number of hydrogen-bond acceptors (Lipinski definition) is 6. The van der Waals surface area contributed by atoms with E-state index in [4.69, 9.17) is 10.5 Å². The molecule has 0 aliphatic carbocycles. The molecule has 0 bridgehead atoms. The minimum atomic E-state index is -3.19. The zero-order valence-electron chi connectivity index (χ0n) is 20.9. The number of aromatic nitrogens is 2. The molecule has 0 saturated carbocycles. The number of nitrogens with zero attached hydrogens (tertiary/aromatic N) is 2. The number of fused-ring (bicyclic) bond motifs is 1. The SMILES string of the molecule is CCS(=O)(=O)N1CCC(c2c[nH]c3c(C(N)=O)cc(-c4cncc(CNCCCOC)c4)cc23)CC1. The number of rotatable bonds is 11. The molecule has 0 spiro atoms. The van der Waals surface area contributed by atoms with Gasteiger partial charge in [-0.2, -0.15) is 0 Å². The highest BCUT2D eigenvalue weighted by Gasteiger charge is 2.29. The Morgan fingerprint density at radius 1 is 1.22 bits per heavy atom. The highest BCUT2D eigenvalue weighted by Crippen LogP contribution is 2.37. The molecule has 10 heteroatoms. The van der Waals surface area contributed by atoms with Gasteiger partial charge in [-0.3, -0.25) is 9.78 Å². The Hall–Kier alpha value is -2.79. The normalized spacial score (nSPS) is 15.5. The van der Waals surface area contributed by atoms with Gasteiger partial charge in [-0.25, -0.2) is 12.7 Å². The van der Waals surface area contributed by atoms with Crippen molar-refractivity contribution in [1.29, 1.82) is 0 Å². The van der Waals surface area contributed by atoms with Crippen LogP contribution in [-0.2, 0) is 21.3 Å². The summed E-state index contributed by atoms with van der Waals surface area (Å²) in [6, 6.07) is 5.96. The van der Waals surface area contributed by atoms with Gasteiger partial charge in [0.15, 0.2) is 0 Å². The summed E-state index contributed by atoms with van der Waals surface area (Å²) in [5.41, 5.74) is 10.8. The number of benzene rings is 1. The van der Waals surface area contributed by atoms with E-state index in [-0.39, 0.29) is 11.7 Å². The second kappa shape index (κ2) is 11.5. The Bertz CT molecular complexity index is 1310. The maximum Gasteiger partial charge on any atom is 0.250 e. The topological polar surface area (TPSA) is 130 Å². The summed E-state index contributed by atoms with van der Waals surface area (Å²) in [5, 5.41) is 4.34. The van der Waals surface area contributed by atoms with E-state index in [1.165, 1.54) is 0 Å². The minimum absolute atomic E-state index is 0.117. The third kappa shape index (κ3) is 5.78. The molecule has 3 heterocycles. The van der Waals surface area contributed by atoms with Crippen LogP contribution < -0.4 is 11.1 Å². The quantitative estimate of drug-likeness (QED) is 0.338. The number of primary amides is 1. The third-order valence-electron chi connectivity index (χ3n) is 6.90. The van der Waals surface area contributed by atoms with E-state index >= 15 is 0 Å². The van der Waals surface area contributed by atoms with E-state index < -0.39 is 15.9 Å². The van der Waals surface area contributed by atoms with E-state index in [1.807, 2.05) is 18.5 Å². The van der Waals surface area contributed by atoms with Crippen molar-refractivity contribution in [2.24, 2.45) is 5.73 Å². The Kier molecular flexibility index (Phi) is 8.40. The van der Waals surface area contributed by atoms with E-state index in [0.29, 0.717) is 37.3 Å². The average Bonchev–Trinajstić information content (AvgIpc) is 3.32. The van der Waals surface area contributed by atoms with Crippen molar-refractivity contribution in [3.63, 3.8) is 0 Å². The molecule has 0 radical (unpaired) electrons. The van der Waals surface area contributed by atoms with Gasteiger partial charge in [-0.1, -0.05) is 0 Å². The molecule has 1 fully saturated rings. The first-order chi connectivity index (χ1) is 17.3. The standard InChI is InChI=1S/C26H35N5O4S/c1-3-36(33,34)31-8-5-19(6-9-31)24-17-30-25-22(24)12-20(13-23(25)26(27)32)21-11-18(15-29-16-21)14-28-7-4-10-35-2/h11-13,15-17,19,28,30H,3-10,14H2,1-2H3,(H2,27,32). The maximum atomic E-state index is 12.4. The molecule has 1 aromatic carbocycles. The van der Waals surface area contributed by atoms with Crippen molar-refractivity contribution in [2.45, 2.75) is 38.6 Å². The number of methoxy groups -OCH3 is 1. The smallest absolute Gasteiger partial charge is 0.250 e. The second-order valence-electron chi connectivity index (χ2n) is 9.23. The third-order valence-corrected chi connectivity index (χ3v) is 8.78. The van der Waals surface area contributed by atoms with Gasteiger partial charge in [0, 0.05) is 62.9 Å². The second-order valence-corrected chi connectivity index (χ2v) is 11.5. The van der Waals surface area contributed by atoms with Gasteiger partial charge < -0.3 is 20.8 Å². The van der Waals surface area contributed by atoms with Crippen molar-refractivity contribution in [3.8, 4) is 11.1 Å². The van der Waals surface area contributed by atoms with Crippen LogP contribution in [0.1, 0.15) is 53.6 Å². The van der Waals surface area contributed by atoms with Crippen LogP contribution in [0.4, 0.5) is 0 Å². The summed E-state index contributed by atoms with van der Waals surface area (Å²) in [6.07, 6.45) is 7.96. The molecule has 0 atom stereocenters. The molecular formula is C26H35N5O4S. The molecule has 4 rings (SSSR count). The minimum Gasteiger partial charge on any atom is -0.385 e. The van der Waals surface area contributed by atoms with Gasteiger partial charge >= 0.3 is 0 Å². The van der Waals surface area contributed by atoms with Gasteiger partial charge in [0.25, 0.3) is 5.91 Å². The van der Waals surface area contributed by atoms with Crippen molar-refractivity contribution < 1.29 is 17.9 Å². The van der Waals surface area contributed by atoms with E-state index in [9.17, 15) is 13.2 Å². The van der Waals surface area contributed by atoms with Crippen LogP contribution in [-0.4, -0.2) is 67.7 Å². The molecular weight excluding hydrogens is 478 g/mol. The highest BCUT2D eigenvalue weighted by atomic mass is 32.2. The summed E-state index contributed by atoms with van der Waals surface area (Å²) in [4.78, 5) is 20.0. The number of carbonyl (C=O) groups is 1. The van der Waals surface area contributed by atoms with E-state index in [0.717, 1.165) is 53.4 Å². The lowest BCUT2D eigenvalue weighted by molar-refractivity contribution is 0.100. The molecule has 1 aliphatic heterocycles. The fraction of sp³-hybridized carbons (Fsp3) is 0.462. The lowest BCUT2D eigenvalue weighted by Gasteiger charge is -2.31. The zero-order chi connectivity index (χ0) is 25.7. The lowest BCUT2D eigenvalue weighted by atomic mass is 9.88. The Morgan fingerprint density at radius 3 is 2.69 bits per heavy atom. The van der Waals surface area contributed by atoms with E-state index in [1.54, 1.807) is 24.5 Å². The largest absolute Gasteiger partial charge is 0.385 e. The number of pyridine rings is 1. The molecule has 2 aromatic heterocycles. The summed E-state index contributed by atoms with van der Waals surface area (Å²) >= 11 is 0. The monoisotopic (exact) mass is 513 g/mol. The van der Waals surface area contributed by atoms with Crippen LogP contribution >= 0.6 is 0 Å². The van der Waals surface area contributed by atoms with Gasteiger partial charge in [-0.05, 0) is 73.5 Å². The van der Waals surface area contributed by atoms with Crippen LogP contribution in [0.5, 0.6) is 0 Å². The maximum absolute atomic E-state index is 12.4. The molecule has 3 aromatic rings. The Labute approximate surface area is 212 Å². The number of aromatic amines is 1. The number of carbonyl (C=O) groups excluding carboxylic acids is 1. The zero-order valence-corrected chi connectivity index (χ0v) is 21.7. The summed E-state index contributed by atoms with van der Waals surface area (Å²) in [6.45, 7) is 4.92. The van der Waals surface area contributed by atoms with Crippen LogP contribution in [0.25, 0.3) is 22.0 Å². The van der Waals surface area contributed by atoms with E-state index in [2.05, 4.69) is 27.4 Å². The first-order valence-corrected chi connectivity index (χ1v) is 14.0. The van der Waals surface area contributed by atoms with Crippen LogP contribution in [0.3, 0.4) is 0 Å². The fourth-order valence-corrected chi connectivity index (χ4v) is 6.03. The molecule has 1 amide bonds. The van der Waals surface area contributed by atoms with Crippen LogP contribution in [0.15, 0.2) is 36.8 Å². The lowest BCUT2D eigenvalue weighted by Crippen LogP contribution is -2.38. The number of H-pyrrole nitrogens is 1. The van der Waals surface area contributed by atoms with Gasteiger partial charge in [-0.15, -0.1) is 0 Å². The fourth-order valence-electron chi connectivity index (χ4n) is 4.90. The predicted molar refractivity (Wildman–Crippen MR) is 141 cm³/mol. The molecule has 1 saturated heterocycles. The Morgan fingerprint density at radius 2 is 2.00 bits per heavy atom. The van der Waals surface area contributed by atoms with Crippen molar-refractivity contribution in [3.05, 3.63) is 53.5 Å². The highest BCUT2D eigenvalue weighted by molar-refractivity contribution is 7.89. The predicted octanol–water partition coefficient (Wildman–Crippen LogP) is 2.98. The molecule has 9 nitrogen and oxygen atoms in total. The first kappa shape index (κ1) is 26.3. The number of nitrogens with one attached hydrogen (secondary N) is 2. The van der Waals surface area contributed by atoms with Crippen LogP contribution in [0, 0.1) is 0 Å². The number of ether oxygens (including phenoxy) is 1. The van der Waals surface area contributed by atoms with Crippen molar-refractivity contribution in [1.82, 2.24) is 19.6 Å². The molecule has 4 N–H and O–H groups in total. The molecule has 1 aliphatic rings. The average molecular weight is 514 g/mol.